The number of carbonyl (C=O) groups is 2. The number of carbonyl (C=O) groups excluding carboxylic acids is 2. The first kappa shape index (κ1) is 21.2. The first-order chi connectivity index (χ1) is 12.4. The van der Waals surface area contributed by atoms with Gasteiger partial charge in [0, 0.05) is 31.9 Å². The van der Waals surface area contributed by atoms with Crippen LogP contribution in [0.5, 0.6) is 0 Å². The van der Waals surface area contributed by atoms with Gasteiger partial charge < -0.3 is 9.80 Å². The Labute approximate surface area is 155 Å². The van der Waals surface area contributed by atoms with Crippen LogP contribution in [0.3, 0.4) is 0 Å². The van der Waals surface area contributed by atoms with Crippen LogP contribution < -0.4 is 4.90 Å². The van der Waals surface area contributed by atoms with Crippen LogP contribution in [0.25, 0.3) is 0 Å². The minimum Gasteiger partial charge on any atom is -0.365 e. The lowest BCUT2D eigenvalue weighted by Crippen LogP contribution is -2.39. The van der Waals surface area contributed by atoms with Gasteiger partial charge in [0.2, 0.25) is 5.91 Å². The number of sulfone groups is 1. The van der Waals surface area contributed by atoms with Gasteiger partial charge in [-0.15, -0.1) is 0 Å². The SMILES string of the molecule is CN(CC1CCS(=O)(=O)C1)C(=O)CN(C)c1ccc(C(F)(F)F)cc1C=O. The molecule has 0 radical (unpaired) electrons. The van der Waals surface area contributed by atoms with E-state index >= 15 is 0 Å². The topological polar surface area (TPSA) is 74.8 Å². The highest BCUT2D eigenvalue weighted by molar-refractivity contribution is 7.91. The summed E-state index contributed by atoms with van der Waals surface area (Å²) in [7, 11) is 0.0143. The van der Waals surface area contributed by atoms with E-state index in [-0.39, 0.29) is 41.1 Å². The average Bonchev–Trinajstić information content (AvgIpc) is 2.91. The van der Waals surface area contributed by atoms with Gasteiger partial charge in [-0.05, 0) is 30.5 Å². The minimum absolute atomic E-state index is 0.0503. The Morgan fingerprint density at radius 3 is 2.48 bits per heavy atom. The van der Waals surface area contributed by atoms with Gasteiger partial charge in [-0.25, -0.2) is 8.42 Å². The third-order valence-corrected chi connectivity index (χ3v) is 6.39. The molecule has 2 rings (SSSR count). The first-order valence-corrected chi connectivity index (χ1v) is 10.1. The molecule has 1 unspecified atom stereocenters. The number of hydrogen-bond donors (Lipinski definition) is 0. The molecule has 0 spiro atoms. The minimum atomic E-state index is -4.56. The summed E-state index contributed by atoms with van der Waals surface area (Å²) >= 11 is 0. The van der Waals surface area contributed by atoms with Gasteiger partial charge in [-0.2, -0.15) is 13.2 Å². The van der Waals surface area contributed by atoms with E-state index in [1.807, 2.05) is 0 Å². The molecular weight excluding hydrogens is 385 g/mol. The fourth-order valence-corrected chi connectivity index (χ4v) is 4.94. The standard InChI is InChI=1S/C17H21F3N2O4S/c1-21(15-4-3-14(17(18,19)20)7-13(15)10-23)9-16(24)22(2)8-12-5-6-27(25,26)11-12/h3-4,7,10,12H,5-6,8-9,11H2,1-2H3. The normalized spacial score (nSPS) is 18.9. The van der Waals surface area contributed by atoms with Crippen molar-refractivity contribution in [1.29, 1.82) is 0 Å². The van der Waals surface area contributed by atoms with E-state index in [0.29, 0.717) is 19.3 Å². The summed E-state index contributed by atoms with van der Waals surface area (Å²) in [4.78, 5) is 26.3. The lowest BCUT2D eigenvalue weighted by Gasteiger charge is -2.26. The molecule has 1 saturated heterocycles. The number of halogens is 3. The molecule has 10 heteroatoms. The van der Waals surface area contributed by atoms with Crippen LogP contribution in [0.15, 0.2) is 18.2 Å². The summed E-state index contributed by atoms with van der Waals surface area (Å²) in [6.07, 6.45) is -3.74. The molecule has 1 heterocycles. The molecule has 1 atom stereocenters. The van der Waals surface area contributed by atoms with Crippen molar-refractivity contribution in [3.63, 3.8) is 0 Å². The zero-order valence-corrected chi connectivity index (χ0v) is 15.8. The molecule has 1 amide bonds. The van der Waals surface area contributed by atoms with E-state index in [1.165, 1.54) is 16.8 Å². The summed E-state index contributed by atoms with van der Waals surface area (Å²) in [6.45, 7) is 0.141. The molecule has 0 N–H and O–H groups in total. The third-order valence-electron chi connectivity index (χ3n) is 4.55. The van der Waals surface area contributed by atoms with Crippen molar-refractivity contribution in [3.8, 4) is 0 Å². The summed E-state index contributed by atoms with van der Waals surface area (Å²) in [5.74, 6) is -0.271. The Morgan fingerprint density at radius 2 is 1.96 bits per heavy atom. The largest absolute Gasteiger partial charge is 0.416 e. The highest BCUT2D eigenvalue weighted by Crippen LogP contribution is 2.32. The van der Waals surface area contributed by atoms with Crippen LogP contribution >= 0.6 is 0 Å². The van der Waals surface area contributed by atoms with Crippen LogP contribution in [0.1, 0.15) is 22.3 Å². The van der Waals surface area contributed by atoms with E-state index in [1.54, 1.807) is 7.05 Å². The molecule has 0 saturated carbocycles. The van der Waals surface area contributed by atoms with Crippen molar-refractivity contribution in [2.45, 2.75) is 12.6 Å². The van der Waals surface area contributed by atoms with Crippen molar-refractivity contribution in [2.24, 2.45) is 5.92 Å². The molecule has 1 aromatic rings. The Hall–Kier alpha value is -2.10. The lowest BCUT2D eigenvalue weighted by molar-refractivity contribution is -0.137. The zero-order chi connectivity index (χ0) is 20.4. The van der Waals surface area contributed by atoms with Gasteiger partial charge in [0.25, 0.3) is 0 Å². The number of likely N-dealkylation sites (N-methyl/N-ethyl adjacent to an activating group) is 2. The summed E-state index contributed by atoms with van der Waals surface area (Å²) in [5.41, 5.74) is -0.888. The van der Waals surface area contributed by atoms with Crippen LogP contribution in [-0.2, 0) is 20.8 Å². The highest BCUT2D eigenvalue weighted by Gasteiger charge is 2.32. The predicted octanol–water partition coefficient (Wildman–Crippen LogP) is 1.85. The van der Waals surface area contributed by atoms with Crippen molar-refractivity contribution in [2.75, 3.05) is 43.6 Å². The highest BCUT2D eigenvalue weighted by atomic mass is 32.2. The Kier molecular flexibility index (Phi) is 6.18. The Morgan fingerprint density at radius 1 is 1.30 bits per heavy atom. The molecule has 6 nitrogen and oxygen atoms in total. The molecule has 1 fully saturated rings. The van der Waals surface area contributed by atoms with E-state index < -0.39 is 21.6 Å². The lowest BCUT2D eigenvalue weighted by atomic mass is 10.1. The van der Waals surface area contributed by atoms with E-state index in [2.05, 4.69) is 0 Å². The van der Waals surface area contributed by atoms with Gasteiger partial charge in [0.15, 0.2) is 16.1 Å². The number of benzene rings is 1. The second kappa shape index (κ2) is 7.87. The van der Waals surface area contributed by atoms with Crippen LogP contribution in [0.2, 0.25) is 0 Å². The van der Waals surface area contributed by atoms with Crippen LogP contribution in [0, 0.1) is 5.92 Å². The average molecular weight is 406 g/mol. The quantitative estimate of drug-likeness (QED) is 0.674. The molecule has 1 aliphatic rings. The molecule has 0 aromatic heterocycles. The summed E-state index contributed by atoms with van der Waals surface area (Å²) in [6, 6.07) is 2.76. The van der Waals surface area contributed by atoms with Crippen molar-refractivity contribution >= 4 is 27.7 Å². The fraction of sp³-hybridized carbons (Fsp3) is 0.529. The molecule has 1 aliphatic heterocycles. The maximum absolute atomic E-state index is 12.8. The molecular formula is C17H21F3N2O4S. The van der Waals surface area contributed by atoms with Gasteiger partial charge in [-0.1, -0.05) is 0 Å². The predicted molar refractivity (Wildman–Crippen MR) is 94.5 cm³/mol. The van der Waals surface area contributed by atoms with Crippen molar-refractivity contribution in [3.05, 3.63) is 29.3 Å². The number of hydrogen-bond acceptors (Lipinski definition) is 5. The fourth-order valence-electron chi connectivity index (χ4n) is 3.09. The molecule has 150 valence electrons. The van der Waals surface area contributed by atoms with E-state index in [9.17, 15) is 31.2 Å². The Balaban J connectivity index is 2.04. The smallest absolute Gasteiger partial charge is 0.365 e. The first-order valence-electron chi connectivity index (χ1n) is 8.25. The monoisotopic (exact) mass is 406 g/mol. The maximum atomic E-state index is 12.8. The van der Waals surface area contributed by atoms with Gasteiger partial charge in [-0.3, -0.25) is 9.59 Å². The van der Waals surface area contributed by atoms with E-state index in [4.69, 9.17) is 0 Å². The number of amides is 1. The van der Waals surface area contributed by atoms with Gasteiger partial charge >= 0.3 is 6.18 Å². The number of alkyl halides is 3. The second-order valence-electron chi connectivity index (χ2n) is 6.79. The summed E-state index contributed by atoms with van der Waals surface area (Å²) < 4.78 is 61.3. The van der Waals surface area contributed by atoms with Crippen molar-refractivity contribution < 1.29 is 31.2 Å². The van der Waals surface area contributed by atoms with Gasteiger partial charge in [0.05, 0.1) is 23.6 Å². The van der Waals surface area contributed by atoms with Crippen molar-refractivity contribution in [1.82, 2.24) is 4.90 Å². The van der Waals surface area contributed by atoms with Crippen LogP contribution in [-0.4, -0.2) is 64.2 Å². The molecule has 27 heavy (non-hydrogen) atoms. The van der Waals surface area contributed by atoms with E-state index in [0.717, 1.165) is 18.2 Å². The zero-order valence-electron chi connectivity index (χ0n) is 15.0. The summed E-state index contributed by atoms with van der Waals surface area (Å²) in [5, 5.41) is 0. The van der Waals surface area contributed by atoms with Crippen LogP contribution in [0.4, 0.5) is 18.9 Å². The molecule has 0 bridgehead atoms. The molecule has 1 aromatic carbocycles. The number of aldehydes is 1. The maximum Gasteiger partial charge on any atom is 0.416 e. The second-order valence-corrected chi connectivity index (χ2v) is 9.02. The number of anilines is 1. The third kappa shape index (κ3) is 5.44. The van der Waals surface area contributed by atoms with Gasteiger partial charge in [0.1, 0.15) is 0 Å². The number of nitrogens with zero attached hydrogens (tertiary/aromatic N) is 2. The number of rotatable bonds is 6. The Bertz CT molecular complexity index is 824. The molecule has 0 aliphatic carbocycles.